The van der Waals surface area contributed by atoms with Crippen LogP contribution in [0.15, 0.2) is 15.8 Å². The number of ether oxygens (including phenoxy) is 2. The minimum atomic E-state index is -0.700. The standard InChI is InChI=1S/C11H13IN2O6/c1-5(16)19-7-2-9(20-8(7)4-15)14-3-6(12)10(17)13-11(14)18/h3,7-9,15H,2,4H2,1H3,(H,13,17,18)/t7?,8-,9-/m1/s1. The first kappa shape index (κ1) is 15.2. The van der Waals surface area contributed by atoms with Crippen LogP contribution in [0.1, 0.15) is 19.6 Å². The van der Waals surface area contributed by atoms with Gasteiger partial charge in [-0.15, -0.1) is 0 Å². The molecule has 1 unspecified atom stereocenters. The van der Waals surface area contributed by atoms with Gasteiger partial charge in [0.1, 0.15) is 18.4 Å². The predicted molar refractivity (Wildman–Crippen MR) is 75.2 cm³/mol. The van der Waals surface area contributed by atoms with Gasteiger partial charge in [0.15, 0.2) is 0 Å². The molecular weight excluding hydrogens is 383 g/mol. The first-order valence-corrected chi connectivity index (χ1v) is 6.94. The maximum atomic E-state index is 11.8. The fraction of sp³-hybridized carbons (Fsp3) is 0.545. The quantitative estimate of drug-likeness (QED) is 0.519. The molecular formula is C11H13IN2O6. The highest BCUT2D eigenvalue weighted by molar-refractivity contribution is 14.1. The molecule has 8 nitrogen and oxygen atoms in total. The van der Waals surface area contributed by atoms with Gasteiger partial charge in [-0.25, -0.2) is 4.79 Å². The minimum absolute atomic E-state index is 0.229. The Balaban J connectivity index is 2.27. The van der Waals surface area contributed by atoms with Crippen LogP contribution in [0.2, 0.25) is 0 Å². The molecule has 3 atom stereocenters. The van der Waals surface area contributed by atoms with E-state index in [1.165, 1.54) is 17.7 Å². The summed E-state index contributed by atoms with van der Waals surface area (Å²) >= 11 is 1.80. The lowest BCUT2D eigenvalue weighted by Gasteiger charge is -2.15. The number of carbonyl (C=O) groups is 1. The lowest BCUT2D eigenvalue weighted by atomic mass is 10.2. The maximum Gasteiger partial charge on any atom is 0.330 e. The third-order valence-electron chi connectivity index (χ3n) is 2.91. The van der Waals surface area contributed by atoms with Crippen molar-refractivity contribution in [3.63, 3.8) is 0 Å². The lowest BCUT2D eigenvalue weighted by Crippen LogP contribution is -2.33. The van der Waals surface area contributed by atoms with E-state index in [0.29, 0.717) is 3.57 Å². The first-order chi connectivity index (χ1) is 9.42. The summed E-state index contributed by atoms with van der Waals surface area (Å²) in [5.41, 5.74) is -1.08. The van der Waals surface area contributed by atoms with E-state index in [9.17, 15) is 19.5 Å². The second kappa shape index (κ2) is 6.06. The Bertz CT molecular complexity index is 624. The Morgan fingerprint density at radius 3 is 2.95 bits per heavy atom. The van der Waals surface area contributed by atoms with E-state index in [1.807, 2.05) is 0 Å². The van der Waals surface area contributed by atoms with Gasteiger partial charge in [0, 0.05) is 19.5 Å². The molecule has 1 aromatic heterocycles. The van der Waals surface area contributed by atoms with E-state index in [4.69, 9.17) is 9.47 Å². The van der Waals surface area contributed by atoms with Gasteiger partial charge >= 0.3 is 11.7 Å². The van der Waals surface area contributed by atoms with Crippen LogP contribution in [0.25, 0.3) is 0 Å². The molecule has 0 saturated carbocycles. The monoisotopic (exact) mass is 396 g/mol. The number of aromatic amines is 1. The molecule has 0 aliphatic carbocycles. The summed E-state index contributed by atoms with van der Waals surface area (Å²) in [5, 5.41) is 9.22. The highest BCUT2D eigenvalue weighted by Gasteiger charge is 2.38. The van der Waals surface area contributed by atoms with Gasteiger partial charge in [-0.05, 0) is 22.6 Å². The summed E-state index contributed by atoms with van der Waals surface area (Å²) in [7, 11) is 0. The number of hydrogen-bond acceptors (Lipinski definition) is 6. The van der Waals surface area contributed by atoms with Gasteiger partial charge in [-0.2, -0.15) is 0 Å². The van der Waals surface area contributed by atoms with E-state index >= 15 is 0 Å². The largest absolute Gasteiger partial charge is 0.460 e. The number of aliphatic hydroxyl groups is 1. The number of nitrogens with zero attached hydrogens (tertiary/aromatic N) is 1. The van der Waals surface area contributed by atoms with Crippen LogP contribution >= 0.6 is 22.6 Å². The highest BCUT2D eigenvalue weighted by Crippen LogP contribution is 2.29. The molecule has 1 aliphatic rings. The van der Waals surface area contributed by atoms with Crippen LogP contribution in [-0.2, 0) is 14.3 Å². The molecule has 2 N–H and O–H groups in total. The van der Waals surface area contributed by atoms with Crippen LogP contribution in [-0.4, -0.2) is 39.4 Å². The van der Waals surface area contributed by atoms with Crippen molar-refractivity contribution in [1.82, 2.24) is 9.55 Å². The molecule has 0 bridgehead atoms. The van der Waals surface area contributed by atoms with Crippen molar-refractivity contribution in [1.29, 1.82) is 0 Å². The molecule has 1 fully saturated rings. The van der Waals surface area contributed by atoms with Crippen LogP contribution < -0.4 is 11.2 Å². The van der Waals surface area contributed by atoms with Gasteiger partial charge in [0.25, 0.3) is 5.56 Å². The first-order valence-electron chi connectivity index (χ1n) is 5.87. The lowest BCUT2D eigenvalue weighted by molar-refractivity contribution is -0.150. The molecule has 0 radical (unpaired) electrons. The number of rotatable bonds is 3. The van der Waals surface area contributed by atoms with E-state index in [-0.39, 0.29) is 13.0 Å². The Labute approximate surface area is 126 Å². The van der Waals surface area contributed by atoms with Gasteiger partial charge in [0.05, 0.1) is 10.2 Å². The van der Waals surface area contributed by atoms with Crippen LogP contribution in [0.5, 0.6) is 0 Å². The van der Waals surface area contributed by atoms with Gasteiger partial charge in [0.2, 0.25) is 0 Å². The molecule has 0 spiro atoms. The predicted octanol–water partition coefficient (Wildman–Crippen LogP) is -0.647. The number of H-pyrrole nitrogens is 1. The number of halogens is 1. The number of aromatic nitrogens is 2. The van der Waals surface area contributed by atoms with Crippen molar-refractivity contribution < 1.29 is 19.4 Å². The molecule has 110 valence electrons. The molecule has 2 rings (SSSR count). The number of aliphatic hydroxyl groups excluding tert-OH is 1. The molecule has 0 aromatic carbocycles. The van der Waals surface area contributed by atoms with E-state index in [0.717, 1.165) is 0 Å². The Morgan fingerprint density at radius 2 is 2.35 bits per heavy atom. The molecule has 9 heteroatoms. The summed E-state index contributed by atoms with van der Waals surface area (Å²) in [5.74, 6) is -0.485. The smallest absolute Gasteiger partial charge is 0.330 e. The summed E-state index contributed by atoms with van der Waals surface area (Å²) < 4.78 is 12.1. The average Bonchev–Trinajstić information content (AvgIpc) is 2.75. The molecule has 1 aliphatic heterocycles. The number of nitrogens with one attached hydrogen (secondary N) is 1. The fourth-order valence-electron chi connectivity index (χ4n) is 2.05. The molecule has 1 saturated heterocycles. The SMILES string of the molecule is CC(=O)OC1C[C@H](n2cc(I)c(=O)[nH]c2=O)O[C@@H]1CO. The Hall–Kier alpha value is -1.20. The minimum Gasteiger partial charge on any atom is -0.460 e. The van der Waals surface area contributed by atoms with E-state index in [1.54, 1.807) is 22.6 Å². The normalized spacial score (nSPS) is 25.6. The summed E-state index contributed by atoms with van der Waals surface area (Å²) in [6.45, 7) is 0.931. The zero-order chi connectivity index (χ0) is 14.9. The second-order valence-electron chi connectivity index (χ2n) is 4.34. The maximum absolute atomic E-state index is 11.8. The summed E-state index contributed by atoms with van der Waals surface area (Å²) in [6, 6.07) is 0. The van der Waals surface area contributed by atoms with Crippen LogP contribution in [0, 0.1) is 3.57 Å². The molecule has 2 heterocycles. The number of hydrogen-bond donors (Lipinski definition) is 2. The fourth-order valence-corrected chi connectivity index (χ4v) is 2.48. The Morgan fingerprint density at radius 1 is 1.65 bits per heavy atom. The van der Waals surface area contributed by atoms with E-state index in [2.05, 4.69) is 4.98 Å². The van der Waals surface area contributed by atoms with Gasteiger partial charge < -0.3 is 14.6 Å². The van der Waals surface area contributed by atoms with Crippen molar-refractivity contribution >= 4 is 28.6 Å². The van der Waals surface area contributed by atoms with Crippen molar-refractivity contribution in [3.05, 3.63) is 30.6 Å². The van der Waals surface area contributed by atoms with E-state index < -0.39 is 35.7 Å². The van der Waals surface area contributed by atoms with Crippen molar-refractivity contribution in [3.8, 4) is 0 Å². The third-order valence-corrected chi connectivity index (χ3v) is 3.68. The summed E-state index contributed by atoms with van der Waals surface area (Å²) in [6.07, 6.45) is -0.419. The highest BCUT2D eigenvalue weighted by atomic mass is 127. The number of esters is 1. The topological polar surface area (TPSA) is 111 Å². The summed E-state index contributed by atoms with van der Waals surface area (Å²) in [4.78, 5) is 36.2. The number of carbonyl (C=O) groups excluding carboxylic acids is 1. The second-order valence-corrected chi connectivity index (χ2v) is 5.50. The van der Waals surface area contributed by atoms with Crippen LogP contribution in [0.3, 0.4) is 0 Å². The van der Waals surface area contributed by atoms with Gasteiger partial charge in [-0.1, -0.05) is 0 Å². The molecule has 0 amide bonds. The van der Waals surface area contributed by atoms with Crippen LogP contribution in [0.4, 0.5) is 0 Å². The average molecular weight is 396 g/mol. The molecule has 20 heavy (non-hydrogen) atoms. The van der Waals surface area contributed by atoms with Crippen molar-refractivity contribution in [2.24, 2.45) is 0 Å². The third kappa shape index (κ3) is 3.10. The molecule has 1 aromatic rings. The zero-order valence-corrected chi connectivity index (χ0v) is 12.7. The zero-order valence-electron chi connectivity index (χ0n) is 10.5. The van der Waals surface area contributed by atoms with Crippen molar-refractivity contribution in [2.75, 3.05) is 6.61 Å². The van der Waals surface area contributed by atoms with Gasteiger partial charge in [-0.3, -0.25) is 19.1 Å². The Kier molecular flexibility index (Phi) is 4.60. The van der Waals surface area contributed by atoms with Crippen molar-refractivity contribution in [2.45, 2.75) is 31.8 Å².